The molecule has 0 unspecified atom stereocenters. The molecule has 1 radical (unpaired) electrons. The van der Waals surface area contributed by atoms with E-state index in [4.69, 9.17) is 3.07 Å². The molecule has 0 saturated carbocycles. The van der Waals surface area contributed by atoms with Crippen LogP contribution in [0.15, 0.2) is 11.8 Å². The summed E-state index contributed by atoms with van der Waals surface area (Å²) in [4.78, 5) is 10.9. The van der Waals surface area contributed by atoms with E-state index in [1.54, 1.807) is 13.0 Å². The molecule has 0 aliphatic rings. The van der Waals surface area contributed by atoms with Crippen LogP contribution in [-0.4, -0.2) is 26.0 Å². The Morgan fingerprint density at radius 2 is 1.62 bits per heavy atom. The molecule has 0 aromatic rings. The van der Waals surface area contributed by atoms with E-state index in [0.29, 0.717) is 0 Å². The van der Waals surface area contributed by atoms with Gasteiger partial charge in [0.2, 0.25) is 0 Å². The Hall–Kier alpha value is 0.00870. The Labute approximate surface area is 108 Å². The van der Waals surface area contributed by atoms with Crippen LogP contribution in [0.4, 0.5) is 0 Å². The van der Waals surface area contributed by atoms with Gasteiger partial charge >= 0.3 is 108 Å². The van der Waals surface area contributed by atoms with Gasteiger partial charge in [0.15, 0.2) is 0 Å². The van der Waals surface area contributed by atoms with Crippen molar-refractivity contribution in [1.82, 2.24) is 0 Å². The maximum atomic E-state index is 10.9. The summed E-state index contributed by atoms with van der Waals surface area (Å²) in [6.45, 7) is 7.94. The normalized spacial score (nSPS) is 11.9. The molecule has 0 amide bonds. The summed E-state index contributed by atoms with van der Waals surface area (Å²) in [5.74, 6) is 0.931. The fourth-order valence-electron chi connectivity index (χ4n) is 1.52. The van der Waals surface area contributed by atoms with Gasteiger partial charge in [-0.1, -0.05) is 0 Å². The first kappa shape index (κ1) is 16.0. The molecular weight excluding hydrogens is 307 g/mol. The second-order valence-electron chi connectivity index (χ2n) is 4.21. The van der Waals surface area contributed by atoms with Crippen molar-refractivity contribution < 1.29 is 7.87 Å². The Bertz CT molecular complexity index is 216. The minimum absolute atomic E-state index is 0.0891. The molecule has 0 bridgehead atoms. The van der Waals surface area contributed by atoms with Crippen LogP contribution in [0.5, 0.6) is 0 Å². The van der Waals surface area contributed by atoms with Crippen LogP contribution in [0.2, 0.25) is 8.87 Å². The number of ketones is 1. The zero-order valence-electron chi connectivity index (χ0n) is 11.1. The van der Waals surface area contributed by atoms with Gasteiger partial charge in [-0.25, -0.2) is 0 Å². The third-order valence-electron chi connectivity index (χ3n) is 2.33. The minimum atomic E-state index is -1.69. The Kier molecular flexibility index (Phi) is 10.2. The van der Waals surface area contributed by atoms with Crippen LogP contribution in [0.1, 0.15) is 53.4 Å². The van der Waals surface area contributed by atoms with Gasteiger partial charge in [-0.05, 0) is 0 Å². The van der Waals surface area contributed by atoms with Crippen LogP contribution in [0.3, 0.4) is 0 Å². The predicted octanol–water partition coefficient (Wildman–Crippen LogP) is 4.09. The first-order valence-electron chi connectivity index (χ1n) is 6.31. The van der Waals surface area contributed by atoms with Gasteiger partial charge in [0.1, 0.15) is 0 Å². The molecule has 16 heavy (non-hydrogen) atoms. The second kappa shape index (κ2) is 10.2. The van der Waals surface area contributed by atoms with Gasteiger partial charge in [0.25, 0.3) is 0 Å². The average molecular weight is 332 g/mol. The zero-order valence-corrected chi connectivity index (χ0v) is 14.0. The number of unbranched alkanes of at least 4 members (excludes halogenated alkanes) is 2. The van der Waals surface area contributed by atoms with Gasteiger partial charge in [0, 0.05) is 0 Å². The van der Waals surface area contributed by atoms with E-state index in [1.807, 2.05) is 6.92 Å². The summed E-state index contributed by atoms with van der Waals surface area (Å²) in [7, 11) is 0. The van der Waals surface area contributed by atoms with E-state index in [1.165, 1.54) is 34.6 Å². The molecule has 3 heteroatoms. The van der Waals surface area contributed by atoms with E-state index in [-0.39, 0.29) is 5.78 Å². The number of carbonyl (C=O) groups excluding carboxylic acids is 1. The van der Waals surface area contributed by atoms with Gasteiger partial charge in [0.05, 0.1) is 0 Å². The van der Waals surface area contributed by atoms with E-state index >= 15 is 0 Å². The van der Waals surface area contributed by atoms with Gasteiger partial charge < -0.3 is 0 Å². The van der Waals surface area contributed by atoms with Gasteiger partial charge in [-0.2, -0.15) is 0 Å². The number of rotatable bonds is 9. The maximum absolute atomic E-state index is 10.9. The summed E-state index contributed by atoms with van der Waals surface area (Å²) in [6.07, 6.45) is 6.68. The molecule has 0 fully saturated rings. The fourth-order valence-corrected chi connectivity index (χ4v) is 8.55. The predicted molar refractivity (Wildman–Crippen MR) is 70.7 cm³/mol. The third kappa shape index (κ3) is 9.25. The van der Waals surface area contributed by atoms with Crippen molar-refractivity contribution >= 4 is 26.0 Å². The molecule has 0 rings (SSSR count). The van der Waals surface area contributed by atoms with Crippen molar-refractivity contribution in [3.05, 3.63) is 11.8 Å². The summed E-state index contributed by atoms with van der Waals surface area (Å²) in [5.41, 5.74) is 0. The molecule has 0 N–H and O–H groups in total. The summed E-state index contributed by atoms with van der Waals surface area (Å²) >= 11 is -1.69. The van der Waals surface area contributed by atoms with Crippen molar-refractivity contribution in [3.8, 4) is 0 Å². The van der Waals surface area contributed by atoms with Crippen molar-refractivity contribution in [1.29, 1.82) is 0 Å². The van der Waals surface area contributed by atoms with Crippen LogP contribution in [0, 0.1) is 0 Å². The molecule has 0 saturated heterocycles. The Morgan fingerprint density at radius 3 is 2.00 bits per heavy atom. The van der Waals surface area contributed by atoms with Crippen molar-refractivity contribution in [3.63, 3.8) is 0 Å². The molecule has 93 valence electrons. The molecule has 0 spiro atoms. The SMILES string of the molecule is CCC[CH2][Sn]([CH2]CCC)[O]/C(C)=C\C(C)=O. The summed E-state index contributed by atoms with van der Waals surface area (Å²) in [6, 6.07) is 0. The molecule has 2 nitrogen and oxygen atoms in total. The van der Waals surface area contributed by atoms with Crippen molar-refractivity contribution in [2.75, 3.05) is 0 Å². The molecule has 0 aromatic carbocycles. The first-order valence-corrected chi connectivity index (χ1v) is 11.5. The van der Waals surface area contributed by atoms with Crippen LogP contribution in [-0.2, 0) is 7.87 Å². The van der Waals surface area contributed by atoms with Gasteiger partial charge in [-0.3, -0.25) is 0 Å². The Balaban J connectivity index is 4.12. The average Bonchev–Trinajstić information content (AvgIpc) is 2.20. The van der Waals surface area contributed by atoms with Crippen molar-refractivity contribution in [2.24, 2.45) is 0 Å². The number of hydrogen-bond donors (Lipinski definition) is 0. The number of carbonyl (C=O) groups is 1. The molecule has 0 aliphatic carbocycles. The summed E-state index contributed by atoms with van der Waals surface area (Å²) in [5, 5.41) is 0. The van der Waals surface area contributed by atoms with Crippen LogP contribution >= 0.6 is 0 Å². The third-order valence-corrected chi connectivity index (χ3v) is 9.27. The Morgan fingerprint density at radius 1 is 1.12 bits per heavy atom. The number of hydrogen-bond acceptors (Lipinski definition) is 2. The molecular formula is C13H25O2Sn. The molecule has 0 aliphatic heterocycles. The van der Waals surface area contributed by atoms with Crippen LogP contribution < -0.4 is 0 Å². The van der Waals surface area contributed by atoms with E-state index in [2.05, 4.69) is 13.8 Å². The standard InChI is InChI=1S/C5H8O2.2C4H9.Sn/c1-4(6)3-5(2)7;2*1-3-4-2;/h3,6H,1-2H3;2*1,3-4H2,2H3;/q;;;+1/p-1/b4-3-;;;. The molecule has 0 atom stereocenters. The van der Waals surface area contributed by atoms with E-state index in [9.17, 15) is 4.79 Å². The molecule has 0 heterocycles. The monoisotopic (exact) mass is 333 g/mol. The molecule has 0 aromatic heterocycles. The van der Waals surface area contributed by atoms with Gasteiger partial charge in [-0.15, -0.1) is 0 Å². The first-order chi connectivity index (χ1) is 7.60. The zero-order chi connectivity index (χ0) is 12.4. The second-order valence-corrected chi connectivity index (χ2v) is 10.7. The number of allylic oxidation sites excluding steroid dienone is 2. The van der Waals surface area contributed by atoms with Crippen molar-refractivity contribution in [2.45, 2.75) is 62.3 Å². The van der Waals surface area contributed by atoms with E-state index < -0.39 is 20.2 Å². The fraction of sp³-hybridized carbons (Fsp3) is 0.769. The topological polar surface area (TPSA) is 26.3 Å². The summed E-state index contributed by atoms with van der Waals surface area (Å²) < 4.78 is 8.59. The van der Waals surface area contributed by atoms with Crippen LogP contribution in [0.25, 0.3) is 0 Å². The quantitative estimate of drug-likeness (QED) is 0.361. The van der Waals surface area contributed by atoms with E-state index in [0.717, 1.165) is 5.76 Å².